The molecule has 1 aromatic rings. The molecule has 4 heteroatoms. The minimum Gasteiger partial charge on any atom is -0.368 e. The van der Waals surface area contributed by atoms with Crippen LogP contribution in [0.2, 0.25) is 10.0 Å². The number of para-hydroxylation sites is 1. The second kappa shape index (κ2) is 5.76. The highest BCUT2D eigenvalue weighted by Gasteiger charge is 2.14. The number of hydrogen-bond donors (Lipinski definition) is 1. The molecule has 1 aliphatic rings. The highest BCUT2D eigenvalue weighted by molar-refractivity contribution is 6.39. The van der Waals surface area contributed by atoms with E-state index in [2.05, 4.69) is 10.2 Å². The summed E-state index contributed by atoms with van der Waals surface area (Å²) in [4.78, 5) is 2.27. The molecule has 0 spiro atoms. The summed E-state index contributed by atoms with van der Waals surface area (Å²) in [6, 6.07) is 5.68. The summed E-state index contributed by atoms with van der Waals surface area (Å²) in [5.41, 5.74) is 0.981. The highest BCUT2D eigenvalue weighted by Crippen LogP contribution is 2.33. The third kappa shape index (κ3) is 2.82. The van der Waals surface area contributed by atoms with Gasteiger partial charge in [-0.2, -0.15) is 0 Å². The number of halogens is 2. The van der Waals surface area contributed by atoms with Crippen LogP contribution in [0.4, 0.5) is 5.69 Å². The summed E-state index contributed by atoms with van der Waals surface area (Å²) in [6.45, 7) is 4.10. The molecule has 1 fully saturated rings. The highest BCUT2D eigenvalue weighted by atomic mass is 35.5. The van der Waals surface area contributed by atoms with Crippen molar-refractivity contribution < 1.29 is 0 Å². The molecule has 1 aliphatic heterocycles. The lowest BCUT2D eigenvalue weighted by atomic mass is 10.2. The van der Waals surface area contributed by atoms with Gasteiger partial charge >= 0.3 is 0 Å². The Bertz CT molecular complexity index is 327. The summed E-state index contributed by atoms with van der Waals surface area (Å²) in [5, 5.41) is 4.89. The molecule has 1 aromatic carbocycles. The second-order valence-electron chi connectivity index (χ2n) is 4.01. The molecule has 0 radical (unpaired) electrons. The Morgan fingerprint density at radius 2 is 1.75 bits per heavy atom. The van der Waals surface area contributed by atoms with Crippen LogP contribution in [0.25, 0.3) is 0 Å². The maximum atomic E-state index is 6.21. The van der Waals surface area contributed by atoms with Gasteiger partial charge in [-0.1, -0.05) is 29.3 Å². The molecular formula is C12H16Cl2N2. The standard InChI is InChI=1S/C12H16Cl2N2/c13-10-4-3-5-11(14)12(10)16-8-2-1-6-15-7-9-16/h3-5,15H,1-2,6-9H2. The summed E-state index contributed by atoms with van der Waals surface area (Å²) in [5.74, 6) is 0. The molecule has 0 atom stereocenters. The zero-order valence-electron chi connectivity index (χ0n) is 9.18. The molecule has 16 heavy (non-hydrogen) atoms. The number of benzene rings is 1. The Morgan fingerprint density at radius 1 is 1.00 bits per heavy atom. The van der Waals surface area contributed by atoms with Crippen molar-refractivity contribution in [2.24, 2.45) is 0 Å². The van der Waals surface area contributed by atoms with Crippen LogP contribution in [0.3, 0.4) is 0 Å². The fourth-order valence-corrected chi connectivity index (χ4v) is 2.65. The van der Waals surface area contributed by atoms with Crippen LogP contribution in [-0.4, -0.2) is 26.2 Å². The molecule has 0 amide bonds. The second-order valence-corrected chi connectivity index (χ2v) is 4.83. The van der Waals surface area contributed by atoms with Gasteiger partial charge in [0.2, 0.25) is 0 Å². The molecule has 0 aromatic heterocycles. The zero-order chi connectivity index (χ0) is 11.4. The lowest BCUT2D eigenvalue weighted by molar-refractivity contribution is 0.567. The molecule has 1 N–H and O–H groups in total. The van der Waals surface area contributed by atoms with E-state index in [-0.39, 0.29) is 0 Å². The van der Waals surface area contributed by atoms with Gasteiger partial charge in [-0.25, -0.2) is 0 Å². The minimum atomic E-state index is 0.744. The Morgan fingerprint density at radius 3 is 2.50 bits per heavy atom. The van der Waals surface area contributed by atoms with Crippen LogP contribution < -0.4 is 10.2 Å². The van der Waals surface area contributed by atoms with Crippen LogP contribution >= 0.6 is 23.2 Å². The van der Waals surface area contributed by atoms with E-state index in [9.17, 15) is 0 Å². The van der Waals surface area contributed by atoms with Crippen LogP contribution in [0.1, 0.15) is 12.8 Å². The molecular weight excluding hydrogens is 243 g/mol. The molecule has 1 heterocycles. The van der Waals surface area contributed by atoms with Crippen molar-refractivity contribution in [3.8, 4) is 0 Å². The van der Waals surface area contributed by atoms with Gasteiger partial charge in [0.05, 0.1) is 15.7 Å². The van der Waals surface area contributed by atoms with E-state index in [4.69, 9.17) is 23.2 Å². The van der Waals surface area contributed by atoms with E-state index in [0.29, 0.717) is 0 Å². The quantitative estimate of drug-likeness (QED) is 0.833. The van der Waals surface area contributed by atoms with Crippen LogP contribution in [0.15, 0.2) is 18.2 Å². The smallest absolute Gasteiger partial charge is 0.0745 e. The van der Waals surface area contributed by atoms with E-state index in [1.807, 2.05) is 18.2 Å². The van der Waals surface area contributed by atoms with Gasteiger partial charge in [0.15, 0.2) is 0 Å². The van der Waals surface area contributed by atoms with Crippen molar-refractivity contribution in [2.75, 3.05) is 31.1 Å². The van der Waals surface area contributed by atoms with E-state index in [0.717, 1.165) is 41.9 Å². The van der Waals surface area contributed by atoms with E-state index in [1.165, 1.54) is 12.8 Å². The van der Waals surface area contributed by atoms with E-state index in [1.54, 1.807) is 0 Å². The number of rotatable bonds is 1. The molecule has 0 aliphatic carbocycles. The first-order valence-electron chi connectivity index (χ1n) is 5.69. The lowest BCUT2D eigenvalue weighted by Gasteiger charge is -2.28. The average Bonchev–Trinajstić information content (AvgIpc) is 2.20. The maximum absolute atomic E-state index is 6.21. The van der Waals surface area contributed by atoms with Gasteiger partial charge in [-0.15, -0.1) is 0 Å². The van der Waals surface area contributed by atoms with Crippen LogP contribution in [0, 0.1) is 0 Å². The first-order valence-corrected chi connectivity index (χ1v) is 6.44. The summed E-state index contributed by atoms with van der Waals surface area (Å²) in [7, 11) is 0. The predicted octanol–water partition coefficient (Wildman–Crippen LogP) is 3.18. The fraction of sp³-hybridized carbons (Fsp3) is 0.500. The van der Waals surface area contributed by atoms with Crippen molar-refractivity contribution in [3.63, 3.8) is 0 Å². The molecule has 88 valence electrons. The monoisotopic (exact) mass is 258 g/mol. The Kier molecular flexibility index (Phi) is 4.33. The van der Waals surface area contributed by atoms with Gasteiger partial charge in [0, 0.05) is 19.6 Å². The first-order chi connectivity index (χ1) is 7.79. The molecule has 2 rings (SSSR count). The number of nitrogens with one attached hydrogen (secondary N) is 1. The van der Waals surface area contributed by atoms with Crippen LogP contribution in [0.5, 0.6) is 0 Å². The third-order valence-corrected chi connectivity index (χ3v) is 3.45. The lowest BCUT2D eigenvalue weighted by Crippen LogP contribution is -2.36. The van der Waals surface area contributed by atoms with Gasteiger partial charge in [-0.05, 0) is 31.5 Å². The topological polar surface area (TPSA) is 15.3 Å². The van der Waals surface area contributed by atoms with Crippen molar-refractivity contribution >= 4 is 28.9 Å². The number of nitrogens with zero attached hydrogens (tertiary/aromatic N) is 1. The normalized spacial score (nSPS) is 18.0. The number of anilines is 1. The van der Waals surface area contributed by atoms with Crippen LogP contribution in [-0.2, 0) is 0 Å². The van der Waals surface area contributed by atoms with Gasteiger partial charge in [0.1, 0.15) is 0 Å². The Balaban J connectivity index is 2.20. The van der Waals surface area contributed by atoms with Crippen molar-refractivity contribution in [1.82, 2.24) is 5.32 Å². The average molecular weight is 259 g/mol. The Labute approximate surface area is 107 Å². The zero-order valence-corrected chi connectivity index (χ0v) is 10.7. The van der Waals surface area contributed by atoms with Gasteiger partial charge in [0.25, 0.3) is 0 Å². The maximum Gasteiger partial charge on any atom is 0.0745 e. The fourth-order valence-electron chi connectivity index (χ4n) is 2.02. The van der Waals surface area contributed by atoms with E-state index >= 15 is 0 Å². The van der Waals surface area contributed by atoms with Crippen molar-refractivity contribution in [3.05, 3.63) is 28.2 Å². The van der Waals surface area contributed by atoms with Crippen molar-refractivity contribution in [2.45, 2.75) is 12.8 Å². The Hall–Kier alpha value is -0.440. The third-order valence-electron chi connectivity index (χ3n) is 2.84. The molecule has 0 saturated carbocycles. The molecule has 0 bridgehead atoms. The summed E-state index contributed by atoms with van der Waals surface area (Å²) < 4.78 is 0. The number of hydrogen-bond acceptors (Lipinski definition) is 2. The first kappa shape index (κ1) is 12.0. The van der Waals surface area contributed by atoms with Gasteiger partial charge < -0.3 is 10.2 Å². The molecule has 1 saturated heterocycles. The van der Waals surface area contributed by atoms with Gasteiger partial charge in [-0.3, -0.25) is 0 Å². The minimum absolute atomic E-state index is 0.744. The van der Waals surface area contributed by atoms with E-state index < -0.39 is 0 Å². The summed E-state index contributed by atoms with van der Waals surface area (Å²) in [6.07, 6.45) is 2.38. The predicted molar refractivity (Wildman–Crippen MR) is 70.8 cm³/mol. The largest absolute Gasteiger partial charge is 0.368 e. The molecule has 0 unspecified atom stereocenters. The summed E-state index contributed by atoms with van der Waals surface area (Å²) >= 11 is 12.4. The molecule has 2 nitrogen and oxygen atoms in total. The SMILES string of the molecule is Clc1cccc(Cl)c1N1CCCCNCC1. The van der Waals surface area contributed by atoms with Crippen molar-refractivity contribution in [1.29, 1.82) is 0 Å².